The van der Waals surface area contributed by atoms with Crippen LogP contribution in [0.5, 0.6) is 0 Å². The predicted molar refractivity (Wildman–Crippen MR) is 237 cm³/mol. The van der Waals surface area contributed by atoms with E-state index in [0.29, 0.717) is 11.5 Å². The quantitative estimate of drug-likeness (QED) is 0.171. The molecule has 0 saturated carbocycles. The molecule has 11 rings (SSSR count). The molecule has 0 aliphatic carbocycles. The molecule has 9 aromatic carbocycles. The van der Waals surface area contributed by atoms with Crippen molar-refractivity contribution in [3.8, 4) is 67.2 Å². The highest BCUT2D eigenvalue weighted by Crippen LogP contribution is 2.42. The van der Waals surface area contributed by atoms with Crippen LogP contribution in [-0.4, -0.2) is 9.97 Å². The van der Waals surface area contributed by atoms with Crippen molar-refractivity contribution in [2.75, 3.05) is 0 Å². The van der Waals surface area contributed by atoms with Gasteiger partial charge in [0.25, 0.3) is 0 Å². The van der Waals surface area contributed by atoms with Crippen molar-refractivity contribution < 1.29 is 4.42 Å². The molecule has 0 atom stereocenters. The van der Waals surface area contributed by atoms with Gasteiger partial charge in [0, 0.05) is 16.5 Å². The van der Waals surface area contributed by atoms with Crippen molar-refractivity contribution in [2.45, 2.75) is 0 Å². The Balaban J connectivity index is 1.09. The second kappa shape index (κ2) is 13.6. The molecule has 0 unspecified atom stereocenters. The van der Waals surface area contributed by atoms with Crippen LogP contribution >= 0.6 is 0 Å². The summed E-state index contributed by atoms with van der Waals surface area (Å²) in [5.41, 5.74) is 13.5. The zero-order chi connectivity index (χ0) is 37.7. The van der Waals surface area contributed by atoms with Gasteiger partial charge in [-0.25, -0.2) is 4.98 Å². The average molecular weight is 727 g/mol. The molecule has 2 aromatic heterocycles. The summed E-state index contributed by atoms with van der Waals surface area (Å²) >= 11 is 0. The van der Waals surface area contributed by atoms with Crippen LogP contribution in [0.3, 0.4) is 0 Å². The molecule has 0 radical (unpaired) electrons. The number of nitrogens with zero attached hydrogens (tertiary/aromatic N) is 2. The Morgan fingerprint density at radius 1 is 0.316 bits per heavy atom. The summed E-state index contributed by atoms with van der Waals surface area (Å²) in [6.07, 6.45) is 0. The molecule has 0 saturated heterocycles. The number of fused-ring (bicyclic) bond motifs is 6. The van der Waals surface area contributed by atoms with Gasteiger partial charge in [-0.15, -0.1) is 0 Å². The maximum absolute atomic E-state index is 6.61. The van der Waals surface area contributed by atoms with E-state index in [-0.39, 0.29) is 0 Å². The molecular weight excluding hydrogens is 693 g/mol. The maximum Gasteiger partial charge on any atom is 0.231 e. The molecule has 0 spiro atoms. The molecule has 0 aliphatic heterocycles. The summed E-state index contributed by atoms with van der Waals surface area (Å²) < 4.78 is 6.61. The lowest BCUT2D eigenvalue weighted by Gasteiger charge is -2.13. The van der Waals surface area contributed by atoms with E-state index in [1.807, 2.05) is 0 Å². The monoisotopic (exact) mass is 726 g/mol. The highest BCUT2D eigenvalue weighted by atomic mass is 16.3. The smallest absolute Gasteiger partial charge is 0.231 e. The third-order valence-electron chi connectivity index (χ3n) is 11.1. The molecule has 11 aromatic rings. The maximum atomic E-state index is 6.61. The van der Waals surface area contributed by atoms with Gasteiger partial charge < -0.3 is 4.42 Å². The van der Waals surface area contributed by atoms with E-state index >= 15 is 0 Å². The van der Waals surface area contributed by atoms with Crippen LogP contribution in [-0.2, 0) is 0 Å². The van der Waals surface area contributed by atoms with Crippen LogP contribution in [0.2, 0.25) is 0 Å². The van der Waals surface area contributed by atoms with Crippen LogP contribution < -0.4 is 0 Å². The van der Waals surface area contributed by atoms with Gasteiger partial charge in [-0.1, -0.05) is 170 Å². The Morgan fingerprint density at radius 3 is 1.47 bits per heavy atom. The lowest BCUT2D eigenvalue weighted by Crippen LogP contribution is -1.95. The number of benzene rings is 9. The first-order chi connectivity index (χ1) is 28.2. The molecule has 2 heterocycles. The van der Waals surface area contributed by atoms with Gasteiger partial charge in [-0.3, -0.25) is 0 Å². The third kappa shape index (κ3) is 5.85. The number of hydrogen-bond donors (Lipinski definition) is 0. The summed E-state index contributed by atoms with van der Waals surface area (Å²) in [5.74, 6) is 0.637. The number of aromatic nitrogens is 2. The molecule has 0 amide bonds. The Kier molecular flexibility index (Phi) is 7.82. The van der Waals surface area contributed by atoms with E-state index in [4.69, 9.17) is 14.4 Å². The third-order valence-corrected chi connectivity index (χ3v) is 11.1. The molecule has 0 aliphatic rings. The first-order valence-electron chi connectivity index (χ1n) is 19.3. The van der Waals surface area contributed by atoms with Crippen molar-refractivity contribution in [1.82, 2.24) is 9.97 Å². The summed E-state index contributed by atoms with van der Waals surface area (Å²) in [6.45, 7) is 0. The standard InChI is InChI=1S/C54H34N2O/c1-3-14-35(15-4-1)43-32-44(36-16-5-2-6-17-36)34-45(33-43)41-23-11-21-39(30-41)40-22-12-24-42(31-40)52-51-50-47-26-10-8-19-38(47)28-29-49(50)57-54(51)56-53(55-52)48-27-13-20-37-18-7-9-25-46(37)48/h1-34H. The van der Waals surface area contributed by atoms with Crippen LogP contribution in [0.25, 0.3) is 111 Å². The van der Waals surface area contributed by atoms with Crippen molar-refractivity contribution >= 4 is 43.6 Å². The first-order valence-corrected chi connectivity index (χ1v) is 19.3. The van der Waals surface area contributed by atoms with E-state index in [1.54, 1.807) is 0 Å². The minimum absolute atomic E-state index is 0.578. The van der Waals surface area contributed by atoms with Crippen LogP contribution in [0.4, 0.5) is 0 Å². The molecule has 0 fully saturated rings. The van der Waals surface area contributed by atoms with E-state index in [1.165, 1.54) is 27.8 Å². The summed E-state index contributed by atoms with van der Waals surface area (Å²) in [4.78, 5) is 10.6. The summed E-state index contributed by atoms with van der Waals surface area (Å²) in [6, 6.07) is 73.1. The zero-order valence-corrected chi connectivity index (χ0v) is 30.9. The molecular formula is C54H34N2O. The van der Waals surface area contributed by atoms with Gasteiger partial charge in [0.05, 0.1) is 11.1 Å². The van der Waals surface area contributed by atoms with Gasteiger partial charge in [0.1, 0.15) is 5.58 Å². The lowest BCUT2D eigenvalue weighted by atomic mass is 9.92. The van der Waals surface area contributed by atoms with Gasteiger partial charge in [-0.05, 0) is 102 Å². The fraction of sp³-hybridized carbons (Fsp3) is 0. The first kappa shape index (κ1) is 32.8. The number of hydrogen-bond acceptors (Lipinski definition) is 3. The Labute approximate surface area is 330 Å². The normalized spacial score (nSPS) is 11.5. The van der Waals surface area contributed by atoms with E-state index < -0.39 is 0 Å². The van der Waals surface area contributed by atoms with Crippen molar-refractivity contribution in [3.05, 3.63) is 206 Å². The molecule has 57 heavy (non-hydrogen) atoms. The number of furan rings is 1. The van der Waals surface area contributed by atoms with Gasteiger partial charge >= 0.3 is 0 Å². The molecule has 266 valence electrons. The highest BCUT2D eigenvalue weighted by Gasteiger charge is 2.21. The molecule has 3 heteroatoms. The van der Waals surface area contributed by atoms with Gasteiger partial charge in [0.15, 0.2) is 5.82 Å². The largest absolute Gasteiger partial charge is 0.438 e. The van der Waals surface area contributed by atoms with Gasteiger partial charge in [-0.2, -0.15) is 4.98 Å². The van der Waals surface area contributed by atoms with E-state index in [0.717, 1.165) is 71.4 Å². The Hall–Kier alpha value is -7.62. The summed E-state index contributed by atoms with van der Waals surface area (Å²) in [7, 11) is 0. The Morgan fingerprint density at radius 2 is 0.789 bits per heavy atom. The number of rotatable bonds is 6. The topological polar surface area (TPSA) is 38.9 Å². The van der Waals surface area contributed by atoms with Crippen molar-refractivity contribution in [1.29, 1.82) is 0 Å². The summed E-state index contributed by atoms with van der Waals surface area (Å²) in [5, 5.41) is 6.46. The second-order valence-electron chi connectivity index (χ2n) is 14.6. The predicted octanol–water partition coefficient (Wildman–Crippen LogP) is 14.7. The van der Waals surface area contributed by atoms with Crippen molar-refractivity contribution in [2.24, 2.45) is 0 Å². The van der Waals surface area contributed by atoms with Crippen LogP contribution in [0.1, 0.15) is 0 Å². The molecule has 0 N–H and O–H groups in total. The van der Waals surface area contributed by atoms with Crippen molar-refractivity contribution in [3.63, 3.8) is 0 Å². The SMILES string of the molecule is c1ccc(-c2cc(-c3ccccc3)cc(-c3cccc(-c4cccc(-c5nc(-c6cccc7ccccc67)nc6oc7ccc8ccccc8c7c56)c4)c3)c2)cc1. The van der Waals surface area contributed by atoms with Crippen LogP contribution in [0.15, 0.2) is 211 Å². The second-order valence-corrected chi connectivity index (χ2v) is 14.6. The molecule has 0 bridgehead atoms. The average Bonchev–Trinajstić information content (AvgIpc) is 3.68. The van der Waals surface area contributed by atoms with Crippen LogP contribution in [0, 0.1) is 0 Å². The van der Waals surface area contributed by atoms with Gasteiger partial charge in [0.2, 0.25) is 5.71 Å². The lowest BCUT2D eigenvalue weighted by molar-refractivity contribution is 0.654. The minimum atomic E-state index is 0.578. The fourth-order valence-electron chi connectivity index (χ4n) is 8.30. The minimum Gasteiger partial charge on any atom is -0.438 e. The van der Waals surface area contributed by atoms with E-state index in [9.17, 15) is 0 Å². The highest BCUT2D eigenvalue weighted by molar-refractivity contribution is 6.21. The molecule has 3 nitrogen and oxygen atoms in total. The van der Waals surface area contributed by atoms with E-state index in [2.05, 4.69) is 206 Å². The fourth-order valence-corrected chi connectivity index (χ4v) is 8.30. The Bertz CT molecular complexity index is 3230. The zero-order valence-electron chi connectivity index (χ0n) is 30.9.